The predicted octanol–water partition coefficient (Wildman–Crippen LogP) is 1.61. The Labute approximate surface area is 112 Å². The molecule has 1 aliphatic rings. The van der Waals surface area contributed by atoms with Crippen LogP contribution in [0.25, 0.3) is 0 Å². The van der Waals surface area contributed by atoms with Gasteiger partial charge in [0.2, 0.25) is 0 Å². The Morgan fingerprint density at radius 3 is 3.00 bits per heavy atom. The maximum Gasteiger partial charge on any atom is 0.134 e. The molecule has 1 N–H and O–H groups in total. The molecule has 0 aromatic carbocycles. The Bertz CT molecular complexity index is 536. The minimum atomic E-state index is 0.340. The second-order valence-electron chi connectivity index (χ2n) is 4.99. The summed E-state index contributed by atoms with van der Waals surface area (Å²) in [6.07, 6.45) is 5.73. The highest BCUT2D eigenvalue weighted by Gasteiger charge is 2.28. The van der Waals surface area contributed by atoms with Crippen LogP contribution in [0, 0.1) is 0 Å². The molecule has 0 aliphatic carbocycles. The van der Waals surface area contributed by atoms with Gasteiger partial charge >= 0.3 is 0 Å². The van der Waals surface area contributed by atoms with Crippen LogP contribution in [0.2, 0.25) is 0 Å². The molecule has 0 radical (unpaired) electrons. The highest BCUT2D eigenvalue weighted by Crippen LogP contribution is 2.34. The molecule has 0 unspecified atom stereocenters. The van der Waals surface area contributed by atoms with E-state index >= 15 is 0 Å². The number of rotatable bonds is 3. The average Bonchev–Trinajstić information content (AvgIpc) is 3.09. The maximum absolute atomic E-state index is 4.42. The van der Waals surface area contributed by atoms with Crippen LogP contribution in [0.1, 0.15) is 24.6 Å². The highest BCUT2D eigenvalue weighted by atomic mass is 15.3. The van der Waals surface area contributed by atoms with Crippen LogP contribution in [-0.2, 0) is 0 Å². The van der Waals surface area contributed by atoms with E-state index < -0.39 is 0 Å². The van der Waals surface area contributed by atoms with Crippen molar-refractivity contribution in [1.29, 1.82) is 0 Å². The summed E-state index contributed by atoms with van der Waals surface area (Å²) in [6.45, 7) is 1.02. The zero-order valence-corrected chi connectivity index (χ0v) is 11.2. The molecule has 1 atom stereocenters. The fourth-order valence-electron chi connectivity index (χ4n) is 2.56. The zero-order chi connectivity index (χ0) is 13.2. The molecule has 1 fully saturated rings. The Morgan fingerprint density at radius 2 is 2.26 bits per heavy atom. The predicted molar refractivity (Wildman–Crippen MR) is 74.3 cm³/mol. The molecular weight excluding hydrogens is 240 g/mol. The summed E-state index contributed by atoms with van der Waals surface area (Å²) in [7, 11) is 3.98. The van der Waals surface area contributed by atoms with E-state index in [1.54, 1.807) is 12.5 Å². The number of aromatic nitrogens is 4. The highest BCUT2D eigenvalue weighted by molar-refractivity contribution is 5.51. The molecule has 0 saturated carbocycles. The summed E-state index contributed by atoms with van der Waals surface area (Å²) in [5.41, 5.74) is 1.16. The van der Waals surface area contributed by atoms with Crippen molar-refractivity contribution in [3.63, 3.8) is 0 Å². The van der Waals surface area contributed by atoms with Gasteiger partial charge in [0.1, 0.15) is 18.0 Å². The number of H-pyrrole nitrogens is 1. The van der Waals surface area contributed by atoms with Gasteiger partial charge in [0, 0.05) is 32.9 Å². The third-order valence-electron chi connectivity index (χ3n) is 3.52. The van der Waals surface area contributed by atoms with Gasteiger partial charge in [0.25, 0.3) is 0 Å². The van der Waals surface area contributed by atoms with E-state index in [-0.39, 0.29) is 0 Å². The first-order valence-corrected chi connectivity index (χ1v) is 6.51. The molecule has 0 spiro atoms. The van der Waals surface area contributed by atoms with Gasteiger partial charge in [-0.2, -0.15) is 5.10 Å². The Kier molecular flexibility index (Phi) is 3.06. The first-order valence-electron chi connectivity index (χ1n) is 6.51. The first-order chi connectivity index (χ1) is 9.25. The van der Waals surface area contributed by atoms with Crippen molar-refractivity contribution >= 4 is 11.6 Å². The number of hydrogen-bond acceptors (Lipinski definition) is 5. The minimum absolute atomic E-state index is 0.340. The van der Waals surface area contributed by atoms with E-state index in [0.717, 1.165) is 30.3 Å². The van der Waals surface area contributed by atoms with Crippen LogP contribution in [-0.4, -0.2) is 40.8 Å². The Balaban J connectivity index is 1.90. The summed E-state index contributed by atoms with van der Waals surface area (Å²) >= 11 is 0. The number of nitrogens with zero attached hydrogens (tertiary/aromatic N) is 5. The summed E-state index contributed by atoms with van der Waals surface area (Å²) in [6, 6.07) is 4.42. The lowest BCUT2D eigenvalue weighted by Gasteiger charge is -2.25. The van der Waals surface area contributed by atoms with Crippen LogP contribution >= 0.6 is 0 Å². The molecule has 2 aromatic rings. The quantitative estimate of drug-likeness (QED) is 0.906. The van der Waals surface area contributed by atoms with Gasteiger partial charge in [-0.25, -0.2) is 9.97 Å². The molecule has 1 aliphatic heterocycles. The molecule has 100 valence electrons. The number of anilines is 2. The molecule has 1 saturated heterocycles. The Hall–Kier alpha value is -2.11. The van der Waals surface area contributed by atoms with Gasteiger partial charge in [-0.15, -0.1) is 0 Å². The summed E-state index contributed by atoms with van der Waals surface area (Å²) < 4.78 is 0. The molecule has 0 bridgehead atoms. The zero-order valence-electron chi connectivity index (χ0n) is 11.2. The molecule has 0 amide bonds. The van der Waals surface area contributed by atoms with E-state index in [1.165, 1.54) is 6.42 Å². The van der Waals surface area contributed by atoms with Crippen molar-refractivity contribution in [3.8, 4) is 0 Å². The molecular formula is C13H18N6. The second kappa shape index (κ2) is 4.87. The topological polar surface area (TPSA) is 60.9 Å². The van der Waals surface area contributed by atoms with E-state index in [9.17, 15) is 0 Å². The smallest absolute Gasteiger partial charge is 0.134 e. The SMILES string of the molecule is CN(C)c1cc(N2CCC[C@H]2c2ccn[nH]2)ncn1. The normalized spacial score (nSPS) is 18.8. The lowest BCUT2D eigenvalue weighted by molar-refractivity contribution is 0.683. The molecule has 2 aromatic heterocycles. The van der Waals surface area contributed by atoms with Crippen molar-refractivity contribution in [1.82, 2.24) is 20.2 Å². The van der Waals surface area contributed by atoms with E-state index in [2.05, 4.69) is 25.1 Å². The van der Waals surface area contributed by atoms with Crippen LogP contribution in [0.4, 0.5) is 11.6 Å². The molecule has 3 rings (SSSR count). The van der Waals surface area contributed by atoms with Gasteiger partial charge in [-0.3, -0.25) is 5.10 Å². The molecule has 6 heteroatoms. The largest absolute Gasteiger partial charge is 0.363 e. The van der Waals surface area contributed by atoms with Crippen molar-refractivity contribution in [2.24, 2.45) is 0 Å². The van der Waals surface area contributed by atoms with Crippen LogP contribution in [0.5, 0.6) is 0 Å². The summed E-state index contributed by atoms with van der Waals surface area (Å²) in [5.74, 6) is 1.91. The molecule has 6 nitrogen and oxygen atoms in total. The van der Waals surface area contributed by atoms with Gasteiger partial charge in [-0.1, -0.05) is 0 Å². The van der Waals surface area contributed by atoms with Gasteiger partial charge in [0.15, 0.2) is 0 Å². The van der Waals surface area contributed by atoms with Gasteiger partial charge in [-0.05, 0) is 18.9 Å². The van der Waals surface area contributed by atoms with Crippen LogP contribution in [0.3, 0.4) is 0 Å². The van der Waals surface area contributed by atoms with Gasteiger partial charge in [0.05, 0.1) is 11.7 Å². The van der Waals surface area contributed by atoms with E-state index in [0.29, 0.717) is 6.04 Å². The maximum atomic E-state index is 4.42. The minimum Gasteiger partial charge on any atom is -0.363 e. The van der Waals surface area contributed by atoms with E-state index in [4.69, 9.17) is 0 Å². The number of hydrogen-bond donors (Lipinski definition) is 1. The number of nitrogens with one attached hydrogen (secondary N) is 1. The first kappa shape index (κ1) is 12.0. The van der Waals surface area contributed by atoms with Crippen LogP contribution < -0.4 is 9.80 Å². The lowest BCUT2D eigenvalue weighted by Crippen LogP contribution is -2.24. The fourth-order valence-corrected chi connectivity index (χ4v) is 2.56. The average molecular weight is 258 g/mol. The lowest BCUT2D eigenvalue weighted by atomic mass is 10.1. The molecule has 19 heavy (non-hydrogen) atoms. The summed E-state index contributed by atoms with van der Waals surface area (Å²) in [4.78, 5) is 13.0. The van der Waals surface area contributed by atoms with Crippen molar-refractivity contribution in [3.05, 3.63) is 30.4 Å². The van der Waals surface area contributed by atoms with Crippen molar-refractivity contribution in [2.45, 2.75) is 18.9 Å². The second-order valence-corrected chi connectivity index (χ2v) is 4.99. The third-order valence-corrected chi connectivity index (χ3v) is 3.52. The van der Waals surface area contributed by atoms with Crippen molar-refractivity contribution < 1.29 is 0 Å². The van der Waals surface area contributed by atoms with Crippen LogP contribution in [0.15, 0.2) is 24.7 Å². The van der Waals surface area contributed by atoms with Gasteiger partial charge < -0.3 is 9.80 Å². The van der Waals surface area contributed by atoms with Crippen molar-refractivity contribution in [2.75, 3.05) is 30.4 Å². The summed E-state index contributed by atoms with van der Waals surface area (Å²) in [5, 5.41) is 7.12. The Morgan fingerprint density at radius 1 is 1.37 bits per heavy atom. The fraction of sp³-hybridized carbons (Fsp3) is 0.462. The van der Waals surface area contributed by atoms with E-state index in [1.807, 2.05) is 31.1 Å². The number of aromatic amines is 1. The third kappa shape index (κ3) is 2.25. The monoisotopic (exact) mass is 258 g/mol. The molecule has 3 heterocycles. The standard InChI is InChI=1S/C13H18N6/c1-18(2)12-8-13(15-9-14-12)19-7-3-4-11(19)10-5-6-16-17-10/h5-6,8-9,11H,3-4,7H2,1-2H3,(H,16,17)/t11-/m0/s1.